The quantitative estimate of drug-likeness (QED) is 0.812. The minimum atomic E-state index is -3.51. The summed E-state index contributed by atoms with van der Waals surface area (Å²) in [5.74, 6) is 0.621. The highest BCUT2D eigenvalue weighted by Crippen LogP contribution is 2.52. The predicted molar refractivity (Wildman–Crippen MR) is 100 cm³/mol. The summed E-state index contributed by atoms with van der Waals surface area (Å²) < 4.78 is 28.2. The number of sulfonamides is 1. The van der Waals surface area contributed by atoms with E-state index >= 15 is 0 Å². The number of likely N-dealkylation sites (tertiary alicyclic amines) is 1. The van der Waals surface area contributed by atoms with Gasteiger partial charge in [-0.05, 0) is 43.2 Å². The van der Waals surface area contributed by atoms with Gasteiger partial charge in [-0.3, -0.25) is 4.79 Å². The van der Waals surface area contributed by atoms with E-state index in [1.165, 1.54) is 0 Å². The first-order valence-corrected chi connectivity index (χ1v) is 11.1. The van der Waals surface area contributed by atoms with E-state index in [0.29, 0.717) is 36.9 Å². The van der Waals surface area contributed by atoms with Crippen LogP contribution in [0.5, 0.6) is 0 Å². The van der Waals surface area contributed by atoms with Gasteiger partial charge in [0.1, 0.15) is 0 Å². The first kappa shape index (κ1) is 18.0. The van der Waals surface area contributed by atoms with Gasteiger partial charge in [0.15, 0.2) is 0 Å². The number of carbonyl (C=O) groups excluding carboxylic acids is 1. The van der Waals surface area contributed by atoms with Crippen LogP contribution in [0.15, 0.2) is 29.2 Å². The first-order valence-electron chi connectivity index (χ1n) is 9.62. The largest absolute Gasteiger partial charge is 0.340 e. The molecule has 1 saturated carbocycles. The fourth-order valence-corrected chi connectivity index (χ4v) is 6.52. The Kier molecular flexibility index (Phi) is 4.01. The Balaban J connectivity index is 1.73. The van der Waals surface area contributed by atoms with Gasteiger partial charge in [0, 0.05) is 25.0 Å². The fraction of sp³-hybridized carbons (Fsp3) is 0.650. The van der Waals surface area contributed by atoms with Crippen LogP contribution in [0.4, 0.5) is 0 Å². The number of nitrogens with zero attached hydrogens (tertiary/aromatic N) is 2. The standard InChI is InChI=1S/C20H28N2O3S/c1-15(2)8-12-22-20(16-6-4-5-7-17(16)26(22,24)25)11-13-21(14-20)18(23)19(3)9-10-19/h4-7,15H,8-14H2,1-3H3/t20-/m0/s1. The number of benzene rings is 1. The van der Waals surface area contributed by atoms with Gasteiger partial charge in [0.05, 0.1) is 10.4 Å². The Hall–Kier alpha value is -1.40. The summed E-state index contributed by atoms with van der Waals surface area (Å²) in [6.07, 6.45) is 3.40. The van der Waals surface area contributed by atoms with Crippen LogP contribution in [0.1, 0.15) is 52.0 Å². The number of amides is 1. The molecule has 0 bridgehead atoms. The Morgan fingerprint density at radius 1 is 1.19 bits per heavy atom. The van der Waals surface area contributed by atoms with E-state index < -0.39 is 15.6 Å². The van der Waals surface area contributed by atoms with E-state index in [1.807, 2.05) is 24.0 Å². The van der Waals surface area contributed by atoms with E-state index in [0.717, 1.165) is 24.8 Å². The van der Waals surface area contributed by atoms with Crippen LogP contribution in [-0.4, -0.2) is 43.2 Å². The third-order valence-corrected chi connectivity index (χ3v) is 8.42. The van der Waals surface area contributed by atoms with Crippen LogP contribution in [0, 0.1) is 11.3 Å². The number of fused-ring (bicyclic) bond motifs is 2. The molecule has 0 unspecified atom stereocenters. The Morgan fingerprint density at radius 3 is 2.54 bits per heavy atom. The van der Waals surface area contributed by atoms with Gasteiger partial charge >= 0.3 is 0 Å². The fourth-order valence-electron chi connectivity index (χ4n) is 4.44. The molecule has 1 aliphatic carbocycles. The molecule has 6 heteroatoms. The molecule has 1 aromatic rings. The smallest absolute Gasteiger partial charge is 0.244 e. The lowest BCUT2D eigenvalue weighted by atomic mass is 9.88. The molecule has 0 N–H and O–H groups in total. The Labute approximate surface area is 156 Å². The van der Waals surface area contributed by atoms with Gasteiger partial charge in [0.2, 0.25) is 15.9 Å². The highest BCUT2D eigenvalue weighted by atomic mass is 32.2. The lowest BCUT2D eigenvalue weighted by Crippen LogP contribution is -2.47. The zero-order chi connectivity index (χ0) is 18.7. The average Bonchev–Trinajstić information content (AvgIpc) is 3.14. The van der Waals surface area contributed by atoms with Crippen LogP contribution < -0.4 is 0 Å². The zero-order valence-electron chi connectivity index (χ0n) is 15.9. The number of hydrogen-bond donors (Lipinski definition) is 0. The van der Waals surface area contributed by atoms with Crippen LogP contribution in [0.3, 0.4) is 0 Å². The van der Waals surface area contributed by atoms with Crippen molar-refractivity contribution in [1.29, 1.82) is 0 Å². The van der Waals surface area contributed by atoms with Gasteiger partial charge in [-0.2, -0.15) is 4.31 Å². The molecule has 4 rings (SSSR count). The minimum absolute atomic E-state index is 0.194. The highest BCUT2D eigenvalue weighted by Gasteiger charge is 2.59. The lowest BCUT2D eigenvalue weighted by molar-refractivity contribution is -0.135. The van der Waals surface area contributed by atoms with Crippen molar-refractivity contribution in [3.05, 3.63) is 29.8 Å². The van der Waals surface area contributed by atoms with Gasteiger partial charge < -0.3 is 4.90 Å². The van der Waals surface area contributed by atoms with Crippen molar-refractivity contribution in [3.8, 4) is 0 Å². The molecule has 142 valence electrons. The summed E-state index contributed by atoms with van der Waals surface area (Å²) in [5, 5.41) is 0. The van der Waals surface area contributed by atoms with Crippen molar-refractivity contribution in [2.24, 2.45) is 11.3 Å². The van der Waals surface area contributed by atoms with E-state index in [-0.39, 0.29) is 11.3 Å². The number of carbonyl (C=O) groups is 1. The van der Waals surface area contributed by atoms with E-state index in [4.69, 9.17) is 0 Å². The van der Waals surface area contributed by atoms with Gasteiger partial charge in [0.25, 0.3) is 0 Å². The summed E-state index contributed by atoms with van der Waals surface area (Å²) in [6.45, 7) is 7.87. The molecule has 3 aliphatic rings. The van der Waals surface area contributed by atoms with Crippen molar-refractivity contribution in [2.45, 2.75) is 56.9 Å². The monoisotopic (exact) mass is 376 g/mol. The van der Waals surface area contributed by atoms with Gasteiger partial charge in [-0.25, -0.2) is 8.42 Å². The molecule has 1 spiro atoms. The summed E-state index contributed by atoms with van der Waals surface area (Å²) in [5.41, 5.74) is 0.0660. The molecule has 2 heterocycles. The summed E-state index contributed by atoms with van der Waals surface area (Å²) in [6, 6.07) is 7.36. The Morgan fingerprint density at radius 2 is 1.88 bits per heavy atom. The molecule has 5 nitrogen and oxygen atoms in total. The maximum atomic E-state index is 13.3. The maximum Gasteiger partial charge on any atom is 0.244 e. The second-order valence-corrected chi connectivity index (χ2v) is 10.7. The van der Waals surface area contributed by atoms with Crippen molar-refractivity contribution in [3.63, 3.8) is 0 Å². The molecule has 1 atom stereocenters. The second-order valence-electron chi connectivity index (χ2n) is 8.82. The number of hydrogen-bond acceptors (Lipinski definition) is 3. The SMILES string of the molecule is CC(C)CCN1[C@]2(CCN(C(=O)C3(C)CC3)C2)c2ccccc2S1(=O)=O. The molecule has 26 heavy (non-hydrogen) atoms. The number of rotatable bonds is 4. The maximum absolute atomic E-state index is 13.3. The van der Waals surface area contributed by atoms with E-state index in [9.17, 15) is 13.2 Å². The lowest BCUT2D eigenvalue weighted by Gasteiger charge is -2.34. The van der Waals surface area contributed by atoms with Crippen LogP contribution in [-0.2, 0) is 20.4 Å². The second kappa shape index (κ2) is 5.80. The third kappa shape index (κ3) is 2.53. The van der Waals surface area contributed by atoms with Crippen molar-refractivity contribution in [1.82, 2.24) is 9.21 Å². The van der Waals surface area contributed by atoms with E-state index in [1.54, 1.807) is 16.4 Å². The highest BCUT2D eigenvalue weighted by molar-refractivity contribution is 7.89. The van der Waals surface area contributed by atoms with Crippen LogP contribution in [0.2, 0.25) is 0 Å². The van der Waals surface area contributed by atoms with Gasteiger partial charge in [-0.1, -0.05) is 39.0 Å². The van der Waals surface area contributed by atoms with Crippen molar-refractivity contribution < 1.29 is 13.2 Å². The van der Waals surface area contributed by atoms with Gasteiger partial charge in [-0.15, -0.1) is 0 Å². The molecule has 1 saturated heterocycles. The molecule has 0 radical (unpaired) electrons. The Bertz CT molecular complexity index is 844. The van der Waals surface area contributed by atoms with Crippen molar-refractivity contribution in [2.75, 3.05) is 19.6 Å². The topological polar surface area (TPSA) is 57.7 Å². The van der Waals surface area contributed by atoms with Crippen LogP contribution >= 0.6 is 0 Å². The normalized spacial score (nSPS) is 28.7. The minimum Gasteiger partial charge on any atom is -0.340 e. The molecule has 1 aromatic carbocycles. The zero-order valence-corrected chi connectivity index (χ0v) is 16.7. The third-order valence-electron chi connectivity index (χ3n) is 6.39. The van der Waals surface area contributed by atoms with Crippen LogP contribution in [0.25, 0.3) is 0 Å². The summed E-state index contributed by atoms with van der Waals surface area (Å²) in [7, 11) is -3.51. The van der Waals surface area contributed by atoms with Crippen molar-refractivity contribution >= 4 is 15.9 Å². The first-order chi connectivity index (χ1) is 12.2. The summed E-state index contributed by atoms with van der Waals surface area (Å²) in [4.78, 5) is 15.2. The average molecular weight is 377 g/mol. The molecule has 1 amide bonds. The molecular weight excluding hydrogens is 348 g/mol. The molecule has 2 fully saturated rings. The van der Waals surface area contributed by atoms with E-state index in [2.05, 4.69) is 13.8 Å². The molecule has 0 aromatic heterocycles. The predicted octanol–water partition coefficient (Wildman–Crippen LogP) is 2.96. The molecule has 2 aliphatic heterocycles. The summed E-state index contributed by atoms with van der Waals surface area (Å²) >= 11 is 0. The molecular formula is C20H28N2O3S.